The highest BCUT2D eigenvalue weighted by Gasteiger charge is 2.20. The molecule has 1 fully saturated rings. The van der Waals surface area contributed by atoms with E-state index in [-0.39, 0.29) is 6.04 Å². The topological polar surface area (TPSA) is 99.5 Å². The molecule has 7 heteroatoms. The standard InChI is InChI=1S/C10H15N7/c11-7-2-1-5-17(6-7)10-13-9(15-16-10)8-3-4-12-14-8/h3-4,7H,1-2,5-6,11H2,(H,12,14)(H,13,15,16). The number of nitrogens with zero attached hydrogens (tertiary/aromatic N) is 4. The van der Waals surface area contributed by atoms with Crippen molar-refractivity contribution in [2.45, 2.75) is 18.9 Å². The van der Waals surface area contributed by atoms with Crippen molar-refractivity contribution in [3.05, 3.63) is 12.3 Å². The first-order chi connectivity index (χ1) is 8.33. The van der Waals surface area contributed by atoms with Crippen LogP contribution in [0.2, 0.25) is 0 Å². The van der Waals surface area contributed by atoms with E-state index in [1.165, 1.54) is 0 Å². The van der Waals surface area contributed by atoms with Crippen LogP contribution >= 0.6 is 0 Å². The monoisotopic (exact) mass is 233 g/mol. The van der Waals surface area contributed by atoms with Crippen LogP contribution in [0.1, 0.15) is 12.8 Å². The van der Waals surface area contributed by atoms with Crippen LogP contribution in [-0.4, -0.2) is 44.5 Å². The van der Waals surface area contributed by atoms with E-state index in [0.717, 1.165) is 31.6 Å². The minimum Gasteiger partial charge on any atom is -0.338 e. The van der Waals surface area contributed by atoms with Crippen molar-refractivity contribution in [3.8, 4) is 11.5 Å². The average Bonchev–Trinajstić information content (AvgIpc) is 3.00. The summed E-state index contributed by atoms with van der Waals surface area (Å²) in [5.41, 5.74) is 6.78. The smallest absolute Gasteiger partial charge is 0.245 e. The Hall–Kier alpha value is -1.89. The van der Waals surface area contributed by atoms with Crippen LogP contribution in [0.3, 0.4) is 0 Å². The van der Waals surface area contributed by atoms with Crippen molar-refractivity contribution < 1.29 is 0 Å². The molecule has 0 radical (unpaired) electrons. The van der Waals surface area contributed by atoms with E-state index in [1.54, 1.807) is 6.20 Å². The van der Waals surface area contributed by atoms with Gasteiger partial charge in [0, 0.05) is 25.3 Å². The van der Waals surface area contributed by atoms with Crippen LogP contribution in [0.4, 0.5) is 5.95 Å². The molecule has 0 spiro atoms. The maximum atomic E-state index is 5.94. The fourth-order valence-corrected chi connectivity index (χ4v) is 2.09. The summed E-state index contributed by atoms with van der Waals surface area (Å²) < 4.78 is 0. The van der Waals surface area contributed by atoms with Gasteiger partial charge in [-0.15, -0.1) is 5.10 Å². The molecule has 2 aromatic rings. The third kappa shape index (κ3) is 2.01. The maximum absolute atomic E-state index is 5.94. The van der Waals surface area contributed by atoms with Gasteiger partial charge in [-0.25, -0.2) is 0 Å². The maximum Gasteiger partial charge on any atom is 0.245 e. The molecule has 0 amide bonds. The molecular formula is C10H15N7. The summed E-state index contributed by atoms with van der Waals surface area (Å²) in [5.74, 6) is 1.42. The summed E-state index contributed by atoms with van der Waals surface area (Å²) in [5, 5.41) is 13.9. The van der Waals surface area contributed by atoms with Gasteiger partial charge in [0.25, 0.3) is 0 Å². The van der Waals surface area contributed by atoms with Gasteiger partial charge in [0.15, 0.2) is 5.82 Å². The molecule has 90 valence electrons. The van der Waals surface area contributed by atoms with Gasteiger partial charge in [0.1, 0.15) is 5.69 Å². The van der Waals surface area contributed by atoms with E-state index in [4.69, 9.17) is 5.73 Å². The van der Waals surface area contributed by atoms with Crippen LogP contribution in [0.25, 0.3) is 11.5 Å². The lowest BCUT2D eigenvalue weighted by Gasteiger charge is -2.29. The van der Waals surface area contributed by atoms with Gasteiger partial charge in [0.05, 0.1) is 0 Å². The number of nitrogens with two attached hydrogens (primary N) is 1. The number of piperidine rings is 1. The molecule has 1 aliphatic rings. The molecule has 0 bridgehead atoms. The number of hydrogen-bond donors (Lipinski definition) is 3. The van der Waals surface area contributed by atoms with Crippen molar-refractivity contribution in [1.82, 2.24) is 25.4 Å². The first-order valence-electron chi connectivity index (χ1n) is 5.75. The van der Waals surface area contributed by atoms with E-state index in [9.17, 15) is 0 Å². The number of aromatic nitrogens is 5. The molecule has 1 saturated heterocycles. The Bertz CT molecular complexity index is 475. The average molecular weight is 233 g/mol. The molecule has 3 rings (SSSR count). The Kier molecular flexibility index (Phi) is 2.52. The van der Waals surface area contributed by atoms with Crippen LogP contribution in [0.15, 0.2) is 12.3 Å². The fraction of sp³-hybridized carbons (Fsp3) is 0.500. The lowest BCUT2D eigenvalue weighted by Crippen LogP contribution is -2.43. The Morgan fingerprint density at radius 2 is 2.35 bits per heavy atom. The van der Waals surface area contributed by atoms with E-state index in [0.29, 0.717) is 11.8 Å². The van der Waals surface area contributed by atoms with Crippen LogP contribution < -0.4 is 10.6 Å². The zero-order valence-electron chi connectivity index (χ0n) is 9.43. The van der Waals surface area contributed by atoms with Crippen molar-refractivity contribution in [2.75, 3.05) is 18.0 Å². The second kappa shape index (κ2) is 4.17. The van der Waals surface area contributed by atoms with Crippen molar-refractivity contribution >= 4 is 5.95 Å². The molecular weight excluding hydrogens is 218 g/mol. The highest BCUT2D eigenvalue weighted by atomic mass is 15.4. The van der Waals surface area contributed by atoms with Gasteiger partial charge in [-0.1, -0.05) is 0 Å². The van der Waals surface area contributed by atoms with Gasteiger partial charge in [0.2, 0.25) is 5.95 Å². The van der Waals surface area contributed by atoms with Gasteiger partial charge < -0.3 is 10.6 Å². The van der Waals surface area contributed by atoms with Gasteiger partial charge in [-0.3, -0.25) is 10.2 Å². The molecule has 0 aromatic carbocycles. The molecule has 17 heavy (non-hydrogen) atoms. The molecule has 1 atom stereocenters. The van der Waals surface area contributed by atoms with E-state index < -0.39 is 0 Å². The predicted molar refractivity (Wildman–Crippen MR) is 63.4 cm³/mol. The largest absolute Gasteiger partial charge is 0.338 e. The fourth-order valence-electron chi connectivity index (χ4n) is 2.09. The first-order valence-corrected chi connectivity index (χ1v) is 5.75. The Balaban J connectivity index is 1.80. The van der Waals surface area contributed by atoms with Crippen LogP contribution in [-0.2, 0) is 0 Å². The number of anilines is 1. The summed E-state index contributed by atoms with van der Waals surface area (Å²) in [6.45, 7) is 1.79. The molecule has 3 heterocycles. The zero-order chi connectivity index (χ0) is 11.7. The highest BCUT2D eigenvalue weighted by molar-refractivity contribution is 5.50. The predicted octanol–water partition coefficient (Wildman–Crippen LogP) is 0.122. The molecule has 1 aliphatic heterocycles. The van der Waals surface area contributed by atoms with Crippen LogP contribution in [0, 0.1) is 0 Å². The lowest BCUT2D eigenvalue weighted by atomic mass is 10.1. The van der Waals surface area contributed by atoms with Crippen LogP contribution in [0.5, 0.6) is 0 Å². The Labute approximate surface area is 98.4 Å². The van der Waals surface area contributed by atoms with E-state index in [1.807, 2.05) is 6.07 Å². The second-order valence-electron chi connectivity index (χ2n) is 4.30. The van der Waals surface area contributed by atoms with Gasteiger partial charge in [-0.2, -0.15) is 10.1 Å². The van der Waals surface area contributed by atoms with Crippen molar-refractivity contribution in [2.24, 2.45) is 5.73 Å². The highest BCUT2D eigenvalue weighted by Crippen LogP contribution is 2.18. The molecule has 7 nitrogen and oxygen atoms in total. The number of aromatic amines is 2. The molecule has 4 N–H and O–H groups in total. The summed E-state index contributed by atoms with van der Waals surface area (Å²) in [6.07, 6.45) is 3.86. The third-order valence-corrected chi connectivity index (χ3v) is 2.97. The minimum atomic E-state index is 0.220. The summed E-state index contributed by atoms with van der Waals surface area (Å²) in [4.78, 5) is 6.56. The van der Waals surface area contributed by atoms with Crippen molar-refractivity contribution in [1.29, 1.82) is 0 Å². The first kappa shape index (κ1) is 10.3. The number of hydrogen-bond acceptors (Lipinski definition) is 5. The third-order valence-electron chi connectivity index (χ3n) is 2.97. The number of H-pyrrole nitrogens is 2. The quantitative estimate of drug-likeness (QED) is 0.684. The second-order valence-corrected chi connectivity index (χ2v) is 4.30. The molecule has 0 aliphatic carbocycles. The van der Waals surface area contributed by atoms with Gasteiger partial charge >= 0.3 is 0 Å². The van der Waals surface area contributed by atoms with E-state index >= 15 is 0 Å². The summed E-state index contributed by atoms with van der Waals surface area (Å²) in [6, 6.07) is 2.07. The van der Waals surface area contributed by atoms with Gasteiger partial charge in [-0.05, 0) is 18.9 Å². The minimum absolute atomic E-state index is 0.220. The SMILES string of the molecule is NC1CCCN(c2n[nH]c(-c3ccn[nH]3)n2)C1. The Morgan fingerprint density at radius 1 is 1.41 bits per heavy atom. The summed E-state index contributed by atoms with van der Waals surface area (Å²) in [7, 11) is 0. The Morgan fingerprint density at radius 3 is 3.12 bits per heavy atom. The lowest BCUT2D eigenvalue weighted by molar-refractivity contribution is 0.500. The molecule has 2 aromatic heterocycles. The zero-order valence-corrected chi connectivity index (χ0v) is 9.43. The number of nitrogens with one attached hydrogen (secondary N) is 2. The molecule has 0 saturated carbocycles. The number of rotatable bonds is 2. The normalized spacial score (nSPS) is 20.8. The van der Waals surface area contributed by atoms with E-state index in [2.05, 4.69) is 30.3 Å². The molecule has 1 unspecified atom stereocenters. The van der Waals surface area contributed by atoms with Crippen molar-refractivity contribution in [3.63, 3.8) is 0 Å². The summed E-state index contributed by atoms with van der Waals surface area (Å²) >= 11 is 0.